The molecular formula is C46H52F3N5OSi. The Kier molecular flexibility index (Phi) is 11.3. The van der Waals surface area contributed by atoms with E-state index < -0.39 is 31.4 Å². The van der Waals surface area contributed by atoms with Gasteiger partial charge < -0.3 is 10.1 Å². The molecule has 1 N–H and O–H groups in total. The van der Waals surface area contributed by atoms with Crippen molar-refractivity contribution in [3.63, 3.8) is 0 Å². The second-order valence-corrected chi connectivity index (χ2v) is 22.1. The van der Waals surface area contributed by atoms with Crippen LogP contribution in [0.2, 0.25) is 16.6 Å². The van der Waals surface area contributed by atoms with Crippen molar-refractivity contribution in [3.05, 3.63) is 95.7 Å². The van der Waals surface area contributed by atoms with E-state index in [1.54, 1.807) is 12.1 Å². The minimum absolute atomic E-state index is 0.0112. The predicted molar refractivity (Wildman–Crippen MR) is 225 cm³/mol. The van der Waals surface area contributed by atoms with Gasteiger partial charge in [0.1, 0.15) is 43.7 Å². The average Bonchev–Trinajstić information content (AvgIpc) is 3.71. The van der Waals surface area contributed by atoms with Gasteiger partial charge in [0.25, 0.3) is 0 Å². The summed E-state index contributed by atoms with van der Waals surface area (Å²) in [5.41, 5.74) is 7.14. The van der Waals surface area contributed by atoms with E-state index in [0.717, 1.165) is 35.9 Å². The van der Waals surface area contributed by atoms with Crippen molar-refractivity contribution in [3.8, 4) is 28.7 Å². The van der Waals surface area contributed by atoms with Gasteiger partial charge in [-0.1, -0.05) is 109 Å². The highest BCUT2D eigenvalue weighted by Gasteiger charge is 2.49. The van der Waals surface area contributed by atoms with Crippen LogP contribution in [0.1, 0.15) is 77.5 Å². The zero-order chi connectivity index (χ0) is 39.8. The van der Waals surface area contributed by atoms with Crippen LogP contribution in [0.15, 0.2) is 67.4 Å². The second-order valence-electron chi connectivity index (χ2n) is 16.5. The fraction of sp³-hybridized carbons (Fsp3) is 0.413. The molecule has 2 fully saturated rings. The maximum Gasteiger partial charge on any atom is 0.317 e. The zero-order valence-electron chi connectivity index (χ0n) is 33.4. The van der Waals surface area contributed by atoms with Crippen molar-refractivity contribution >= 4 is 41.6 Å². The van der Waals surface area contributed by atoms with Crippen LogP contribution in [0, 0.1) is 23.1 Å². The summed E-state index contributed by atoms with van der Waals surface area (Å²) < 4.78 is 54.0. The molecule has 0 saturated carbocycles. The van der Waals surface area contributed by atoms with Crippen molar-refractivity contribution in [2.75, 3.05) is 31.6 Å². The highest BCUT2D eigenvalue weighted by atomic mass is 28.3. The number of hydrogen-bond acceptors (Lipinski definition) is 6. The molecule has 2 aliphatic heterocycles. The highest BCUT2D eigenvalue weighted by molar-refractivity contribution is 6.90. The van der Waals surface area contributed by atoms with Gasteiger partial charge in [-0.3, -0.25) is 4.90 Å². The number of pyridine rings is 1. The highest BCUT2D eigenvalue weighted by Crippen LogP contribution is 2.43. The molecule has 2 saturated heterocycles. The van der Waals surface area contributed by atoms with E-state index >= 15 is 8.78 Å². The lowest BCUT2D eigenvalue weighted by molar-refractivity contribution is 0.107. The first kappa shape index (κ1) is 39.5. The van der Waals surface area contributed by atoms with Gasteiger partial charge in [-0.25, -0.2) is 23.1 Å². The largest absolute Gasteiger partial charge is 0.461 e. The van der Waals surface area contributed by atoms with Crippen molar-refractivity contribution < 1.29 is 17.9 Å². The molecule has 3 aromatic carbocycles. The monoisotopic (exact) mass is 775 g/mol. The minimum Gasteiger partial charge on any atom is -0.461 e. The van der Waals surface area contributed by atoms with Crippen LogP contribution < -0.4 is 10.1 Å². The third-order valence-corrected chi connectivity index (χ3v) is 18.6. The van der Waals surface area contributed by atoms with Gasteiger partial charge in [-0.05, 0) is 65.0 Å². The molecule has 0 spiro atoms. The summed E-state index contributed by atoms with van der Waals surface area (Å²) in [7, 11) is -2.25. The number of fused-ring (bicyclic) bond motifs is 3. The van der Waals surface area contributed by atoms with Crippen molar-refractivity contribution in [1.29, 1.82) is 0 Å². The van der Waals surface area contributed by atoms with Crippen LogP contribution in [0.3, 0.4) is 0 Å². The molecular weight excluding hydrogens is 724 g/mol. The van der Waals surface area contributed by atoms with Crippen molar-refractivity contribution in [2.24, 2.45) is 0 Å². The zero-order valence-corrected chi connectivity index (χ0v) is 34.4. The quantitative estimate of drug-likeness (QED) is 0.101. The molecule has 5 aromatic rings. The standard InChI is InChI=1S/C46H52F3N5OSi/c1-8-32-12-9-13-33(24-32)18-21-50-44-38-26-51-45(55-28-46-20-11-22-54(46)27-35(47)25-46)53-43(38)41(49)42(52-44)37-15-10-14-34-16-17-39(48)36(40(34)37)19-23-56(29(2)3,30(4)5)31(6)7/h8-10,12-17,24,26,29-31,35H,1,11,18,20-22,25,27-28H2,2-7H3,(H,50,52)/t35-,46+/m1/s1. The number of nitrogens with one attached hydrogen (secondary N) is 1. The van der Waals surface area contributed by atoms with Gasteiger partial charge in [-0.15, -0.1) is 5.54 Å². The number of nitrogens with zero attached hydrogens (tertiary/aromatic N) is 4. The number of halogens is 3. The molecule has 0 aliphatic carbocycles. The molecule has 7 rings (SSSR count). The third-order valence-electron chi connectivity index (χ3n) is 12.3. The van der Waals surface area contributed by atoms with Gasteiger partial charge in [0.15, 0.2) is 5.82 Å². The molecule has 0 radical (unpaired) electrons. The smallest absolute Gasteiger partial charge is 0.317 e. The third kappa shape index (κ3) is 7.32. The first-order valence-electron chi connectivity index (χ1n) is 19.9. The Hall–Kier alpha value is -4.72. The molecule has 6 nitrogen and oxygen atoms in total. The topological polar surface area (TPSA) is 63.2 Å². The van der Waals surface area contributed by atoms with E-state index in [4.69, 9.17) is 9.72 Å². The van der Waals surface area contributed by atoms with E-state index in [2.05, 4.69) is 85.8 Å². The molecule has 0 unspecified atom stereocenters. The van der Waals surface area contributed by atoms with Crippen LogP contribution in [0.5, 0.6) is 6.01 Å². The van der Waals surface area contributed by atoms with E-state index in [1.165, 1.54) is 12.3 Å². The Morgan fingerprint density at radius 2 is 1.80 bits per heavy atom. The summed E-state index contributed by atoms with van der Waals surface area (Å²) in [5, 5.41) is 5.05. The van der Waals surface area contributed by atoms with E-state index in [-0.39, 0.29) is 29.4 Å². The first-order chi connectivity index (χ1) is 26.9. The van der Waals surface area contributed by atoms with Crippen LogP contribution >= 0.6 is 0 Å². The lowest BCUT2D eigenvalue weighted by atomic mass is 9.95. The Labute approximate surface area is 330 Å². The fourth-order valence-corrected chi connectivity index (χ4v) is 14.8. The van der Waals surface area contributed by atoms with Gasteiger partial charge in [0, 0.05) is 36.7 Å². The Morgan fingerprint density at radius 1 is 1.04 bits per heavy atom. The molecule has 2 aromatic heterocycles. The summed E-state index contributed by atoms with van der Waals surface area (Å²) in [6.07, 6.45) is 5.29. The molecule has 2 atom stereocenters. The Balaban J connectivity index is 1.36. The Morgan fingerprint density at radius 3 is 2.55 bits per heavy atom. The summed E-state index contributed by atoms with van der Waals surface area (Å²) in [5.74, 6) is 2.61. The molecule has 292 valence electrons. The Bertz CT molecular complexity index is 2310. The number of ether oxygens (including phenoxy) is 1. The maximum atomic E-state index is 17.2. The molecule has 10 heteroatoms. The van der Waals surface area contributed by atoms with Crippen molar-refractivity contribution in [1.82, 2.24) is 19.9 Å². The second kappa shape index (κ2) is 16.0. The molecule has 0 amide bonds. The fourth-order valence-electron chi connectivity index (χ4n) is 9.55. The number of anilines is 1. The normalized spacial score (nSPS) is 18.5. The molecule has 2 aliphatic rings. The van der Waals surface area contributed by atoms with Gasteiger partial charge in [0.05, 0.1) is 16.5 Å². The maximum absolute atomic E-state index is 17.2. The summed E-state index contributed by atoms with van der Waals surface area (Å²) >= 11 is 0. The average molecular weight is 776 g/mol. The van der Waals surface area contributed by atoms with Crippen LogP contribution in [0.4, 0.5) is 19.0 Å². The molecule has 4 heterocycles. The first-order valence-corrected chi connectivity index (χ1v) is 22.2. The van der Waals surface area contributed by atoms with E-state index in [9.17, 15) is 4.39 Å². The van der Waals surface area contributed by atoms with Gasteiger partial charge in [0.2, 0.25) is 0 Å². The SMILES string of the molecule is C=Cc1cccc(CCNc2nc(-c3cccc4ccc(F)c(C#C[Si](C(C)C)(C(C)C)C(C)C)c34)c(F)c3nc(OC[C@@]45CCCN4C[C@H](F)C5)ncc23)c1. The summed E-state index contributed by atoms with van der Waals surface area (Å²) in [6.45, 7) is 19.1. The van der Waals surface area contributed by atoms with Gasteiger partial charge in [-0.2, -0.15) is 4.98 Å². The van der Waals surface area contributed by atoms with E-state index in [0.29, 0.717) is 64.7 Å². The number of aromatic nitrogens is 3. The lowest BCUT2D eigenvalue weighted by Crippen LogP contribution is -2.43. The van der Waals surface area contributed by atoms with E-state index in [1.807, 2.05) is 36.4 Å². The minimum atomic E-state index is -2.25. The van der Waals surface area contributed by atoms with Crippen LogP contribution in [0.25, 0.3) is 39.0 Å². The summed E-state index contributed by atoms with van der Waals surface area (Å²) in [6, 6.07) is 16.8. The number of hydrogen-bond donors (Lipinski definition) is 1. The lowest BCUT2D eigenvalue weighted by Gasteiger charge is -2.38. The van der Waals surface area contributed by atoms with Crippen molar-refractivity contribution in [2.45, 2.75) is 95.6 Å². The summed E-state index contributed by atoms with van der Waals surface area (Å²) in [4.78, 5) is 16.2. The van der Waals surface area contributed by atoms with Crippen LogP contribution in [-0.2, 0) is 6.42 Å². The number of alkyl halides is 1. The molecule has 56 heavy (non-hydrogen) atoms. The van der Waals surface area contributed by atoms with Crippen LogP contribution in [-0.4, -0.2) is 65.9 Å². The molecule has 0 bridgehead atoms. The van der Waals surface area contributed by atoms with Gasteiger partial charge >= 0.3 is 6.01 Å². The predicted octanol–water partition coefficient (Wildman–Crippen LogP) is 10.9. The number of benzene rings is 3. The number of rotatable bonds is 12.